The summed E-state index contributed by atoms with van der Waals surface area (Å²) in [6, 6.07) is 13.5. The fraction of sp³-hybridized carbons (Fsp3) is 0.457. The Kier molecular flexibility index (Phi) is 10.3. The second-order valence-electron chi connectivity index (χ2n) is 12.9. The molecule has 6 rings (SSSR count). The molecule has 15 heteroatoms. The van der Waals surface area contributed by atoms with Gasteiger partial charge in [0.05, 0.1) is 16.6 Å². The minimum atomic E-state index is -4.85. The number of hydrogen-bond donors (Lipinski definition) is 1. The molecule has 0 aromatic heterocycles. The number of nitro benzene ring substituents is 1. The number of nitro groups is 1. The topological polar surface area (TPSA) is 97.2 Å². The summed E-state index contributed by atoms with van der Waals surface area (Å²) >= 11 is 0. The molecule has 1 amide bonds. The number of rotatable bonds is 9. The zero-order valence-corrected chi connectivity index (χ0v) is 26.9. The maximum Gasteiger partial charge on any atom is 0.423 e. The summed E-state index contributed by atoms with van der Waals surface area (Å²) < 4.78 is 90.9. The fourth-order valence-corrected chi connectivity index (χ4v) is 6.82. The number of ether oxygens (including phenoxy) is 2. The van der Waals surface area contributed by atoms with Crippen molar-refractivity contribution in [3.05, 3.63) is 87.5 Å². The highest BCUT2D eigenvalue weighted by Crippen LogP contribution is 2.39. The van der Waals surface area contributed by atoms with Crippen LogP contribution >= 0.6 is 0 Å². The molecule has 268 valence electrons. The second-order valence-corrected chi connectivity index (χ2v) is 12.9. The van der Waals surface area contributed by atoms with Crippen LogP contribution in [0.15, 0.2) is 60.7 Å². The molecule has 1 N–H and O–H groups in total. The van der Waals surface area contributed by atoms with Gasteiger partial charge < -0.3 is 19.7 Å². The van der Waals surface area contributed by atoms with Crippen LogP contribution in [-0.2, 0) is 28.3 Å². The van der Waals surface area contributed by atoms with Crippen molar-refractivity contribution in [1.82, 2.24) is 9.80 Å². The predicted octanol–water partition coefficient (Wildman–Crippen LogP) is 7.19. The summed E-state index contributed by atoms with van der Waals surface area (Å²) in [6.07, 6.45) is -6.32. The van der Waals surface area contributed by atoms with Crippen molar-refractivity contribution in [2.24, 2.45) is 0 Å². The van der Waals surface area contributed by atoms with Gasteiger partial charge in [0.25, 0.3) is 5.69 Å². The summed E-state index contributed by atoms with van der Waals surface area (Å²) in [4.78, 5) is 26.9. The molecule has 2 fully saturated rings. The third-order valence-corrected chi connectivity index (χ3v) is 9.52. The first-order valence-electron chi connectivity index (χ1n) is 16.4. The summed E-state index contributed by atoms with van der Waals surface area (Å²) in [5.74, 6) is 0.666. The van der Waals surface area contributed by atoms with E-state index in [0.29, 0.717) is 70.4 Å². The van der Waals surface area contributed by atoms with Crippen molar-refractivity contribution >= 4 is 17.3 Å². The van der Waals surface area contributed by atoms with Gasteiger partial charge >= 0.3 is 12.4 Å². The Labute approximate surface area is 284 Å². The van der Waals surface area contributed by atoms with Crippen molar-refractivity contribution in [1.29, 1.82) is 0 Å². The first-order valence-corrected chi connectivity index (χ1v) is 16.4. The van der Waals surface area contributed by atoms with Crippen molar-refractivity contribution < 1.29 is 45.5 Å². The van der Waals surface area contributed by atoms with Gasteiger partial charge in [0.2, 0.25) is 5.91 Å². The number of carbonyl (C=O) groups excluding carboxylic acids is 1. The van der Waals surface area contributed by atoms with Crippen LogP contribution in [0.1, 0.15) is 42.4 Å². The lowest BCUT2D eigenvalue weighted by molar-refractivity contribution is -0.388. The number of nitrogens with zero attached hydrogens (tertiary/aromatic N) is 3. The Morgan fingerprint density at radius 2 is 1.56 bits per heavy atom. The van der Waals surface area contributed by atoms with Crippen LogP contribution < -0.4 is 10.1 Å². The van der Waals surface area contributed by atoms with Crippen molar-refractivity contribution in [3.8, 4) is 16.9 Å². The van der Waals surface area contributed by atoms with Gasteiger partial charge in [-0.2, -0.15) is 26.3 Å². The largest absolute Gasteiger partial charge is 0.488 e. The van der Waals surface area contributed by atoms with Crippen LogP contribution in [0.5, 0.6) is 5.75 Å². The molecule has 0 bridgehead atoms. The summed E-state index contributed by atoms with van der Waals surface area (Å²) in [7, 11) is 0. The molecule has 3 aliphatic rings. The number of halogens is 6. The van der Waals surface area contributed by atoms with E-state index in [2.05, 4.69) is 10.2 Å². The standard InChI is InChI=1S/C35H36F6N4O5/c36-34(37,38)25-4-1-22(2-5-25)23-3-12-32-24(17-23)18-29(50-32)20-43-13-15-44(16-14-43)33(46)21-49-28-9-6-26(7-10-28)42-27-8-11-31(45(47)48)30(19-27)35(39,40)41/h1-5,8,11-12,17,19,26,28-29,42H,6-7,9-10,13-16,18,20-21H2. The van der Waals surface area contributed by atoms with Gasteiger partial charge in [-0.25, -0.2) is 0 Å². The van der Waals surface area contributed by atoms with Crippen molar-refractivity contribution in [3.63, 3.8) is 0 Å². The molecule has 9 nitrogen and oxygen atoms in total. The Bertz CT molecular complexity index is 1680. The van der Waals surface area contributed by atoms with Gasteiger partial charge in [-0.05, 0) is 78.8 Å². The number of fused-ring (bicyclic) bond motifs is 1. The van der Waals surface area contributed by atoms with E-state index in [1.165, 1.54) is 18.2 Å². The number of alkyl halides is 6. The third kappa shape index (κ3) is 8.49. The van der Waals surface area contributed by atoms with Gasteiger partial charge in [0.1, 0.15) is 24.0 Å². The molecular formula is C35H36F6N4O5. The molecule has 2 aliphatic heterocycles. The first kappa shape index (κ1) is 35.5. The average molecular weight is 707 g/mol. The van der Waals surface area contributed by atoms with Crippen LogP contribution in [0.3, 0.4) is 0 Å². The van der Waals surface area contributed by atoms with Gasteiger partial charge in [-0.15, -0.1) is 0 Å². The highest BCUT2D eigenvalue weighted by atomic mass is 19.4. The van der Waals surface area contributed by atoms with Crippen molar-refractivity contribution in [2.45, 2.75) is 62.7 Å². The van der Waals surface area contributed by atoms with E-state index < -0.39 is 34.1 Å². The lowest BCUT2D eigenvalue weighted by Crippen LogP contribution is -2.51. The molecule has 2 heterocycles. The molecule has 1 aliphatic carbocycles. The number of amides is 1. The normalized spacial score (nSPS) is 21.4. The second kappa shape index (κ2) is 14.5. The summed E-state index contributed by atoms with van der Waals surface area (Å²) in [5.41, 5.74) is -0.278. The van der Waals surface area contributed by atoms with E-state index in [1.807, 2.05) is 18.2 Å². The van der Waals surface area contributed by atoms with E-state index in [1.54, 1.807) is 4.90 Å². The van der Waals surface area contributed by atoms with E-state index in [4.69, 9.17) is 9.47 Å². The van der Waals surface area contributed by atoms with E-state index >= 15 is 0 Å². The van der Waals surface area contributed by atoms with E-state index in [0.717, 1.165) is 41.1 Å². The molecular weight excluding hydrogens is 670 g/mol. The maximum atomic E-state index is 13.3. The lowest BCUT2D eigenvalue weighted by Gasteiger charge is -2.36. The predicted molar refractivity (Wildman–Crippen MR) is 172 cm³/mol. The smallest absolute Gasteiger partial charge is 0.423 e. The van der Waals surface area contributed by atoms with Crippen LogP contribution in [0, 0.1) is 10.1 Å². The highest BCUT2D eigenvalue weighted by Gasteiger charge is 2.39. The van der Waals surface area contributed by atoms with Crippen LogP contribution in [0.4, 0.5) is 37.7 Å². The molecule has 1 saturated heterocycles. The Hall–Kier alpha value is -4.37. The molecule has 3 aromatic rings. The number of hydrogen-bond acceptors (Lipinski definition) is 7. The molecule has 1 unspecified atom stereocenters. The number of carbonyl (C=O) groups is 1. The first-order chi connectivity index (χ1) is 23.7. The zero-order valence-electron chi connectivity index (χ0n) is 26.9. The minimum Gasteiger partial charge on any atom is -0.488 e. The van der Waals surface area contributed by atoms with Crippen LogP contribution in [-0.4, -0.2) is 78.2 Å². The fourth-order valence-electron chi connectivity index (χ4n) is 6.82. The van der Waals surface area contributed by atoms with Gasteiger partial charge in [-0.3, -0.25) is 19.8 Å². The third-order valence-electron chi connectivity index (χ3n) is 9.52. The molecule has 1 atom stereocenters. The van der Waals surface area contributed by atoms with Gasteiger partial charge in [0.15, 0.2) is 0 Å². The SMILES string of the molecule is O=C(COC1CCC(Nc2ccc([N+](=O)[O-])c(C(F)(F)F)c2)CC1)N1CCN(CC2Cc3cc(-c4ccc(C(F)(F)F)cc4)ccc3O2)CC1. The summed E-state index contributed by atoms with van der Waals surface area (Å²) in [6.45, 7) is 3.07. The monoisotopic (exact) mass is 706 g/mol. The summed E-state index contributed by atoms with van der Waals surface area (Å²) in [5, 5.41) is 14.1. The minimum absolute atomic E-state index is 0.0532. The molecule has 3 aromatic carbocycles. The maximum absolute atomic E-state index is 13.3. The van der Waals surface area contributed by atoms with E-state index in [-0.39, 0.29) is 36.5 Å². The molecule has 1 saturated carbocycles. The van der Waals surface area contributed by atoms with E-state index in [9.17, 15) is 41.3 Å². The lowest BCUT2D eigenvalue weighted by atomic mass is 9.92. The highest BCUT2D eigenvalue weighted by molar-refractivity contribution is 5.77. The van der Waals surface area contributed by atoms with Crippen LogP contribution in [0.2, 0.25) is 0 Å². The van der Waals surface area contributed by atoms with Gasteiger partial charge in [-0.1, -0.05) is 18.2 Å². The Balaban J connectivity index is 0.900. The zero-order chi connectivity index (χ0) is 35.6. The molecule has 0 spiro atoms. The average Bonchev–Trinajstić information content (AvgIpc) is 3.49. The molecule has 0 radical (unpaired) electrons. The number of piperazine rings is 1. The van der Waals surface area contributed by atoms with Crippen molar-refractivity contribution in [2.75, 3.05) is 44.6 Å². The molecule has 50 heavy (non-hydrogen) atoms. The van der Waals surface area contributed by atoms with Crippen LogP contribution in [0.25, 0.3) is 11.1 Å². The number of benzene rings is 3. The number of anilines is 1. The Morgan fingerprint density at radius 1 is 0.880 bits per heavy atom. The Morgan fingerprint density at radius 3 is 2.20 bits per heavy atom. The van der Waals surface area contributed by atoms with Gasteiger partial charge in [0, 0.05) is 56.9 Å². The quantitative estimate of drug-likeness (QED) is 0.143. The number of nitrogens with one attached hydrogen (secondary N) is 1.